The van der Waals surface area contributed by atoms with Crippen molar-refractivity contribution < 1.29 is 24.8 Å². The highest BCUT2D eigenvalue weighted by atomic mass is 35.5. The van der Waals surface area contributed by atoms with Gasteiger partial charge in [-0.1, -0.05) is 35.4 Å². The molecule has 0 bridgehead atoms. The largest absolute Gasteiger partial charge is 0.390 e. The van der Waals surface area contributed by atoms with Crippen LogP contribution in [0.3, 0.4) is 0 Å². The predicted molar refractivity (Wildman–Crippen MR) is 107 cm³/mol. The number of aliphatic hydroxyl groups is 3. The first-order chi connectivity index (χ1) is 13.4. The summed E-state index contributed by atoms with van der Waals surface area (Å²) in [4.78, 5) is 0. The number of aliphatic hydroxyl groups excluding tert-OH is 2. The van der Waals surface area contributed by atoms with Gasteiger partial charge in [-0.25, -0.2) is 0 Å². The predicted octanol–water partition coefficient (Wildman–Crippen LogP) is 3.04. The van der Waals surface area contributed by atoms with Crippen molar-refractivity contribution in [2.24, 2.45) is 17.8 Å². The minimum Gasteiger partial charge on any atom is -0.390 e. The van der Waals surface area contributed by atoms with Gasteiger partial charge in [0.05, 0.1) is 18.3 Å². The molecule has 5 nitrogen and oxygen atoms in total. The van der Waals surface area contributed by atoms with E-state index in [9.17, 15) is 15.3 Å². The van der Waals surface area contributed by atoms with Gasteiger partial charge in [0.1, 0.15) is 6.10 Å². The van der Waals surface area contributed by atoms with Crippen molar-refractivity contribution in [2.75, 3.05) is 6.61 Å². The summed E-state index contributed by atoms with van der Waals surface area (Å²) in [7, 11) is 0. The van der Waals surface area contributed by atoms with Gasteiger partial charge in [0.15, 0.2) is 5.79 Å². The molecular formula is C22H31ClO5. The van der Waals surface area contributed by atoms with Gasteiger partial charge in [0, 0.05) is 29.9 Å². The summed E-state index contributed by atoms with van der Waals surface area (Å²) in [5, 5.41) is 32.3. The van der Waals surface area contributed by atoms with Crippen molar-refractivity contribution in [3.8, 4) is 0 Å². The highest BCUT2D eigenvalue weighted by Gasteiger charge is 2.59. The van der Waals surface area contributed by atoms with Crippen LogP contribution in [-0.2, 0) is 9.47 Å². The third kappa shape index (κ3) is 3.85. The zero-order valence-corrected chi connectivity index (χ0v) is 17.1. The van der Waals surface area contributed by atoms with E-state index in [1.165, 1.54) is 0 Å². The fraction of sp³-hybridized carbons (Fsp3) is 0.727. The molecule has 1 saturated carbocycles. The van der Waals surface area contributed by atoms with Crippen LogP contribution in [-0.4, -0.2) is 52.1 Å². The molecule has 6 heteroatoms. The Bertz CT molecular complexity index is 674. The molecule has 0 aromatic carbocycles. The standard InChI is InChI=1S/C22H31ClO5/c1-2-27-16-6-3-13(4-7-16)11-15-12-14(5-8-18(15)23)21-20(25)19(24)17-9-10-22(17,26)28-21/h3,5-6,8,13-14,16-17,19-21,24-26H,2,4,7,9-12H2,1H3/t13?,14?,16?,17?,19?,20-,21-,22?/m0/s1. The van der Waals surface area contributed by atoms with E-state index < -0.39 is 30.0 Å². The van der Waals surface area contributed by atoms with E-state index in [0.29, 0.717) is 25.2 Å². The number of fused-ring (bicyclic) bond motifs is 1. The number of rotatable bonds is 5. The summed E-state index contributed by atoms with van der Waals surface area (Å²) in [6.07, 6.45) is 10.6. The smallest absolute Gasteiger partial charge is 0.171 e. The van der Waals surface area contributed by atoms with Crippen LogP contribution in [0.15, 0.2) is 34.9 Å². The van der Waals surface area contributed by atoms with Crippen LogP contribution in [0.25, 0.3) is 0 Å². The van der Waals surface area contributed by atoms with Gasteiger partial charge in [-0.3, -0.25) is 0 Å². The van der Waals surface area contributed by atoms with Crippen LogP contribution in [0, 0.1) is 17.8 Å². The Kier molecular flexibility index (Phi) is 6.03. The van der Waals surface area contributed by atoms with Gasteiger partial charge in [-0.15, -0.1) is 0 Å². The van der Waals surface area contributed by atoms with Gasteiger partial charge in [-0.05, 0) is 51.0 Å². The fourth-order valence-electron chi connectivity index (χ4n) is 5.09. The van der Waals surface area contributed by atoms with E-state index in [0.717, 1.165) is 36.5 Å². The summed E-state index contributed by atoms with van der Waals surface area (Å²) < 4.78 is 11.6. The average molecular weight is 411 g/mol. The Balaban J connectivity index is 1.41. The first kappa shape index (κ1) is 20.6. The van der Waals surface area contributed by atoms with E-state index in [1.54, 1.807) is 0 Å². The van der Waals surface area contributed by atoms with E-state index in [2.05, 4.69) is 12.2 Å². The molecule has 3 N–H and O–H groups in total. The van der Waals surface area contributed by atoms with Crippen molar-refractivity contribution in [2.45, 2.75) is 75.7 Å². The Morgan fingerprint density at radius 2 is 2.00 bits per heavy atom. The summed E-state index contributed by atoms with van der Waals surface area (Å²) in [6, 6.07) is 0. The lowest BCUT2D eigenvalue weighted by atomic mass is 9.68. The molecule has 4 rings (SSSR count). The lowest BCUT2D eigenvalue weighted by Gasteiger charge is -2.55. The van der Waals surface area contributed by atoms with Crippen LogP contribution in [0.4, 0.5) is 0 Å². The van der Waals surface area contributed by atoms with E-state index in [-0.39, 0.29) is 12.0 Å². The van der Waals surface area contributed by atoms with Crippen LogP contribution < -0.4 is 0 Å². The molecule has 156 valence electrons. The molecule has 2 fully saturated rings. The molecule has 3 aliphatic carbocycles. The summed E-state index contributed by atoms with van der Waals surface area (Å²) in [6.45, 7) is 2.74. The molecule has 4 aliphatic rings. The molecule has 1 heterocycles. The Labute approximate surface area is 171 Å². The second kappa shape index (κ2) is 8.21. The molecule has 8 atom stereocenters. The minimum atomic E-state index is -1.30. The average Bonchev–Trinajstić information content (AvgIpc) is 2.67. The van der Waals surface area contributed by atoms with Crippen molar-refractivity contribution in [1.29, 1.82) is 0 Å². The molecule has 28 heavy (non-hydrogen) atoms. The van der Waals surface area contributed by atoms with Gasteiger partial charge >= 0.3 is 0 Å². The Morgan fingerprint density at radius 3 is 2.64 bits per heavy atom. The van der Waals surface area contributed by atoms with Crippen LogP contribution in [0.1, 0.15) is 45.4 Å². The van der Waals surface area contributed by atoms with Gasteiger partial charge in [-0.2, -0.15) is 0 Å². The molecule has 0 spiro atoms. The lowest BCUT2D eigenvalue weighted by Crippen LogP contribution is -2.67. The zero-order chi connectivity index (χ0) is 19.9. The monoisotopic (exact) mass is 410 g/mol. The van der Waals surface area contributed by atoms with E-state index in [1.807, 2.05) is 19.1 Å². The molecule has 1 saturated heterocycles. The first-order valence-electron chi connectivity index (χ1n) is 10.5. The minimum absolute atomic E-state index is 0.114. The van der Waals surface area contributed by atoms with Crippen molar-refractivity contribution in [1.82, 2.24) is 0 Å². The third-order valence-electron chi connectivity index (χ3n) is 6.87. The number of hydrogen-bond donors (Lipinski definition) is 3. The summed E-state index contributed by atoms with van der Waals surface area (Å²) >= 11 is 6.48. The Morgan fingerprint density at radius 1 is 1.18 bits per heavy atom. The molecule has 0 radical (unpaired) electrons. The fourth-order valence-corrected chi connectivity index (χ4v) is 5.32. The van der Waals surface area contributed by atoms with Crippen LogP contribution >= 0.6 is 11.6 Å². The third-order valence-corrected chi connectivity index (χ3v) is 7.27. The maximum absolute atomic E-state index is 10.6. The SMILES string of the molecule is CCOC1C=CC(CC2=C(Cl)C=CC([C@@H]3OC4(O)CCC4C(O)[C@@H]3O)C2)CC1. The number of halogens is 1. The summed E-state index contributed by atoms with van der Waals surface area (Å²) in [5.74, 6) is -1.38. The summed E-state index contributed by atoms with van der Waals surface area (Å²) in [5.41, 5.74) is 1.15. The highest BCUT2D eigenvalue weighted by Crippen LogP contribution is 2.49. The maximum Gasteiger partial charge on any atom is 0.171 e. The van der Waals surface area contributed by atoms with Gasteiger partial charge in [0.25, 0.3) is 0 Å². The highest BCUT2D eigenvalue weighted by molar-refractivity contribution is 6.31. The van der Waals surface area contributed by atoms with Crippen LogP contribution in [0.5, 0.6) is 0 Å². The quantitative estimate of drug-likeness (QED) is 0.607. The van der Waals surface area contributed by atoms with Crippen LogP contribution in [0.2, 0.25) is 0 Å². The second-order valence-electron chi connectivity index (χ2n) is 8.65. The topological polar surface area (TPSA) is 79.2 Å². The van der Waals surface area contributed by atoms with E-state index >= 15 is 0 Å². The molecule has 0 amide bonds. The zero-order valence-electron chi connectivity index (χ0n) is 16.3. The molecular weight excluding hydrogens is 380 g/mol. The Hall–Kier alpha value is -0.690. The van der Waals surface area contributed by atoms with E-state index in [4.69, 9.17) is 21.1 Å². The number of ether oxygens (including phenoxy) is 2. The van der Waals surface area contributed by atoms with Crippen molar-refractivity contribution in [3.63, 3.8) is 0 Å². The maximum atomic E-state index is 10.6. The molecule has 1 aliphatic heterocycles. The van der Waals surface area contributed by atoms with Crippen molar-refractivity contribution in [3.05, 3.63) is 34.9 Å². The van der Waals surface area contributed by atoms with Gasteiger partial charge < -0.3 is 24.8 Å². The second-order valence-corrected chi connectivity index (χ2v) is 9.06. The normalized spacial score (nSPS) is 45.7. The molecule has 6 unspecified atom stereocenters. The number of allylic oxidation sites excluding steroid dienone is 4. The molecule has 0 aromatic heterocycles. The lowest BCUT2D eigenvalue weighted by molar-refractivity contribution is -0.374. The van der Waals surface area contributed by atoms with Gasteiger partial charge in [0.2, 0.25) is 0 Å². The number of hydrogen-bond acceptors (Lipinski definition) is 5. The van der Waals surface area contributed by atoms with Crippen molar-refractivity contribution >= 4 is 11.6 Å². The molecule has 0 aromatic rings. The first-order valence-corrected chi connectivity index (χ1v) is 10.9.